The van der Waals surface area contributed by atoms with E-state index in [1.54, 1.807) is 24.3 Å². The molecule has 0 aliphatic heterocycles. The zero-order chi connectivity index (χ0) is 13.8. The van der Waals surface area contributed by atoms with Gasteiger partial charge in [0, 0.05) is 16.5 Å². The van der Waals surface area contributed by atoms with E-state index in [2.05, 4.69) is 0 Å². The van der Waals surface area contributed by atoms with E-state index >= 15 is 0 Å². The van der Waals surface area contributed by atoms with Gasteiger partial charge in [-0.3, -0.25) is 0 Å². The highest BCUT2D eigenvalue weighted by Gasteiger charge is 2.16. The fraction of sp³-hybridized carbons (Fsp3) is 0.0714. The summed E-state index contributed by atoms with van der Waals surface area (Å²) in [5.74, 6) is -0.528. The molecule has 0 unspecified atom stereocenters. The van der Waals surface area contributed by atoms with Crippen LogP contribution >= 0.6 is 11.6 Å². The molecule has 1 aromatic carbocycles. The first-order chi connectivity index (χ1) is 9.17. The Morgan fingerprint density at radius 1 is 1.47 bits per heavy atom. The third kappa shape index (κ3) is 2.63. The van der Waals surface area contributed by atoms with Crippen molar-refractivity contribution in [1.29, 1.82) is 0 Å². The predicted octanol–water partition coefficient (Wildman–Crippen LogP) is 3.71. The van der Waals surface area contributed by atoms with Crippen LogP contribution in [0.1, 0.15) is 11.3 Å². The van der Waals surface area contributed by atoms with E-state index in [1.165, 1.54) is 18.9 Å². The van der Waals surface area contributed by atoms with Crippen LogP contribution in [0.3, 0.4) is 0 Å². The predicted molar refractivity (Wildman–Crippen MR) is 73.7 cm³/mol. The average Bonchev–Trinajstić information content (AvgIpc) is 2.78. The number of hydrogen-bond donors (Lipinski definition) is 1. The molecule has 19 heavy (non-hydrogen) atoms. The SMILES string of the molecule is CO/C=C(/C(=O)O)c1cccc2cc(C=CCl)oc12. The zero-order valence-corrected chi connectivity index (χ0v) is 10.8. The Labute approximate surface area is 114 Å². The smallest absolute Gasteiger partial charge is 0.339 e. The highest BCUT2D eigenvalue weighted by Crippen LogP contribution is 2.29. The summed E-state index contributed by atoms with van der Waals surface area (Å²) in [4.78, 5) is 11.2. The molecule has 2 rings (SSSR count). The quantitative estimate of drug-likeness (QED) is 0.684. The van der Waals surface area contributed by atoms with E-state index in [9.17, 15) is 9.90 Å². The number of hydrogen-bond acceptors (Lipinski definition) is 3. The van der Waals surface area contributed by atoms with Gasteiger partial charge in [0.05, 0.1) is 13.4 Å². The van der Waals surface area contributed by atoms with Crippen molar-refractivity contribution in [1.82, 2.24) is 0 Å². The van der Waals surface area contributed by atoms with Crippen molar-refractivity contribution in [3.8, 4) is 0 Å². The number of halogens is 1. The van der Waals surface area contributed by atoms with E-state index < -0.39 is 5.97 Å². The Kier molecular flexibility index (Phi) is 3.92. The molecule has 1 N–H and O–H groups in total. The topological polar surface area (TPSA) is 59.7 Å². The van der Waals surface area contributed by atoms with Gasteiger partial charge >= 0.3 is 5.97 Å². The van der Waals surface area contributed by atoms with E-state index in [-0.39, 0.29) is 5.57 Å². The molecule has 0 atom stereocenters. The first-order valence-electron chi connectivity index (χ1n) is 5.43. The lowest BCUT2D eigenvalue weighted by atomic mass is 10.1. The summed E-state index contributed by atoms with van der Waals surface area (Å²) in [6.07, 6.45) is 2.77. The Bertz CT molecular complexity index is 667. The van der Waals surface area contributed by atoms with Gasteiger partial charge in [-0.15, -0.1) is 0 Å². The van der Waals surface area contributed by atoms with E-state index in [1.807, 2.05) is 6.07 Å². The van der Waals surface area contributed by atoms with Crippen molar-refractivity contribution in [2.75, 3.05) is 7.11 Å². The number of aliphatic carboxylic acids is 1. The van der Waals surface area contributed by atoms with Gasteiger partial charge in [-0.25, -0.2) is 4.79 Å². The van der Waals surface area contributed by atoms with Crippen LogP contribution in [0.15, 0.2) is 40.5 Å². The summed E-state index contributed by atoms with van der Waals surface area (Å²) < 4.78 is 10.4. The number of carboxylic acid groups (broad SMARTS) is 1. The Morgan fingerprint density at radius 2 is 2.26 bits per heavy atom. The van der Waals surface area contributed by atoms with Crippen LogP contribution in [-0.2, 0) is 9.53 Å². The van der Waals surface area contributed by atoms with Crippen LogP contribution in [0, 0.1) is 0 Å². The summed E-state index contributed by atoms with van der Waals surface area (Å²) >= 11 is 5.50. The van der Waals surface area contributed by atoms with Crippen LogP contribution in [0.4, 0.5) is 0 Å². The fourth-order valence-electron chi connectivity index (χ4n) is 1.79. The van der Waals surface area contributed by atoms with Crippen molar-refractivity contribution in [3.05, 3.63) is 47.4 Å². The Balaban J connectivity index is 2.66. The standard InChI is InChI=1S/C14H11ClO4/c1-18-8-12(14(16)17)11-4-2-3-9-7-10(5-6-15)19-13(9)11/h2-8H,1H3,(H,16,17)/b6-5?,12-8+. The number of rotatable bonds is 4. The molecule has 0 radical (unpaired) electrons. The number of ether oxygens (including phenoxy) is 1. The van der Waals surface area contributed by atoms with Crippen molar-refractivity contribution < 1.29 is 19.1 Å². The van der Waals surface area contributed by atoms with E-state index in [0.29, 0.717) is 16.9 Å². The van der Waals surface area contributed by atoms with Crippen LogP contribution < -0.4 is 0 Å². The molecule has 5 heteroatoms. The summed E-state index contributed by atoms with van der Waals surface area (Å²) in [6.45, 7) is 0. The third-order valence-corrected chi connectivity index (χ3v) is 2.67. The van der Waals surface area contributed by atoms with Crippen molar-refractivity contribution in [2.45, 2.75) is 0 Å². The molecular weight excluding hydrogens is 268 g/mol. The van der Waals surface area contributed by atoms with Gasteiger partial charge in [0.15, 0.2) is 0 Å². The lowest BCUT2D eigenvalue weighted by Crippen LogP contribution is -2.00. The Morgan fingerprint density at radius 3 is 2.89 bits per heavy atom. The first-order valence-corrected chi connectivity index (χ1v) is 5.87. The molecule has 0 bridgehead atoms. The van der Waals surface area contributed by atoms with Gasteiger partial charge in [0.25, 0.3) is 0 Å². The van der Waals surface area contributed by atoms with E-state index in [0.717, 1.165) is 5.39 Å². The largest absolute Gasteiger partial charge is 0.503 e. The number of carbonyl (C=O) groups is 1. The second-order valence-electron chi connectivity index (χ2n) is 3.74. The number of para-hydroxylation sites is 1. The third-order valence-electron chi connectivity index (χ3n) is 2.55. The second kappa shape index (κ2) is 5.63. The molecule has 4 nitrogen and oxygen atoms in total. The maximum atomic E-state index is 11.2. The number of carboxylic acids is 1. The molecule has 0 aliphatic rings. The maximum absolute atomic E-state index is 11.2. The lowest BCUT2D eigenvalue weighted by molar-refractivity contribution is -0.130. The molecule has 0 saturated heterocycles. The van der Waals surface area contributed by atoms with Gasteiger partial charge in [0.1, 0.15) is 16.9 Å². The molecule has 1 aromatic heterocycles. The molecule has 0 spiro atoms. The molecular formula is C14H11ClO4. The maximum Gasteiger partial charge on any atom is 0.339 e. The second-order valence-corrected chi connectivity index (χ2v) is 3.99. The summed E-state index contributed by atoms with van der Waals surface area (Å²) in [6, 6.07) is 7.04. The molecule has 98 valence electrons. The van der Waals surface area contributed by atoms with Gasteiger partial charge in [0.2, 0.25) is 0 Å². The highest BCUT2D eigenvalue weighted by atomic mass is 35.5. The van der Waals surface area contributed by atoms with Crippen LogP contribution in [-0.4, -0.2) is 18.2 Å². The molecule has 2 aromatic rings. The monoisotopic (exact) mass is 278 g/mol. The Hall–Kier alpha value is -2.20. The fourth-order valence-corrected chi connectivity index (χ4v) is 1.91. The molecule has 0 amide bonds. The van der Waals surface area contributed by atoms with Crippen LogP contribution in [0.5, 0.6) is 0 Å². The van der Waals surface area contributed by atoms with Gasteiger partial charge in [-0.1, -0.05) is 29.8 Å². The molecule has 1 heterocycles. The zero-order valence-electron chi connectivity index (χ0n) is 10.1. The van der Waals surface area contributed by atoms with E-state index in [4.69, 9.17) is 20.8 Å². The summed E-state index contributed by atoms with van der Waals surface area (Å²) in [5.41, 5.74) is 2.31. The summed E-state index contributed by atoms with van der Waals surface area (Å²) in [5, 5.41) is 10.00. The van der Waals surface area contributed by atoms with Gasteiger partial charge in [-0.2, -0.15) is 0 Å². The lowest BCUT2D eigenvalue weighted by Gasteiger charge is -2.03. The minimum absolute atomic E-state index is 0.0313. The highest BCUT2D eigenvalue weighted by molar-refractivity contribution is 6.27. The number of methoxy groups -OCH3 is 1. The van der Waals surface area contributed by atoms with Crippen molar-refractivity contribution >= 4 is 40.2 Å². The normalized spacial score (nSPS) is 12.2. The summed E-state index contributed by atoms with van der Waals surface area (Å²) in [7, 11) is 1.40. The number of furan rings is 1. The minimum atomic E-state index is -1.08. The number of fused-ring (bicyclic) bond motifs is 1. The van der Waals surface area contributed by atoms with Crippen molar-refractivity contribution in [2.24, 2.45) is 0 Å². The molecule has 0 aliphatic carbocycles. The van der Waals surface area contributed by atoms with Gasteiger partial charge < -0.3 is 14.3 Å². The van der Waals surface area contributed by atoms with Crippen LogP contribution in [0.2, 0.25) is 0 Å². The van der Waals surface area contributed by atoms with Crippen molar-refractivity contribution in [3.63, 3.8) is 0 Å². The number of benzene rings is 1. The minimum Gasteiger partial charge on any atom is -0.503 e. The van der Waals surface area contributed by atoms with Gasteiger partial charge in [-0.05, 0) is 12.1 Å². The molecule has 0 fully saturated rings. The first kappa shape index (κ1) is 13.2. The van der Waals surface area contributed by atoms with Crippen LogP contribution in [0.25, 0.3) is 22.6 Å². The average molecular weight is 279 g/mol. The molecule has 0 saturated carbocycles.